The number of pyridine rings is 1. The second kappa shape index (κ2) is 8.01. The molecule has 0 saturated heterocycles. The Bertz CT molecular complexity index is 659. The smallest absolute Gasteiger partial charge is 0.227 e. The maximum Gasteiger partial charge on any atom is 0.227 e. The molecule has 1 fully saturated rings. The van der Waals surface area contributed by atoms with E-state index in [1.165, 1.54) is 0 Å². The third-order valence-corrected chi connectivity index (χ3v) is 4.44. The Morgan fingerprint density at radius 3 is 3.04 bits per heavy atom. The van der Waals surface area contributed by atoms with E-state index < -0.39 is 0 Å². The van der Waals surface area contributed by atoms with Crippen molar-refractivity contribution < 1.29 is 14.4 Å². The number of carbonyl (C=O) groups excluding carboxylic acids is 1. The highest BCUT2D eigenvalue weighted by Gasteiger charge is 2.25. The van der Waals surface area contributed by atoms with Crippen molar-refractivity contribution in [3.8, 4) is 11.4 Å². The van der Waals surface area contributed by atoms with Crippen LogP contribution in [-0.2, 0) is 11.2 Å². The number of aliphatic hydroxyl groups excluding tert-OH is 1. The van der Waals surface area contributed by atoms with Gasteiger partial charge < -0.3 is 14.9 Å². The van der Waals surface area contributed by atoms with Crippen molar-refractivity contribution in [2.45, 2.75) is 44.6 Å². The second-order valence-electron chi connectivity index (χ2n) is 6.15. The van der Waals surface area contributed by atoms with Gasteiger partial charge in [0.2, 0.25) is 17.6 Å². The lowest BCUT2D eigenvalue weighted by atomic mass is 9.85. The highest BCUT2D eigenvalue weighted by atomic mass is 16.5. The van der Waals surface area contributed by atoms with Crippen LogP contribution in [0.15, 0.2) is 29.0 Å². The lowest BCUT2D eigenvalue weighted by molar-refractivity contribution is -0.122. The van der Waals surface area contributed by atoms with Gasteiger partial charge in [-0.1, -0.05) is 18.0 Å². The van der Waals surface area contributed by atoms with Crippen molar-refractivity contribution in [2.24, 2.45) is 5.92 Å². The number of hydrogen-bond acceptors (Lipinski definition) is 6. The van der Waals surface area contributed by atoms with Crippen LogP contribution in [0.1, 0.15) is 38.0 Å². The van der Waals surface area contributed by atoms with Crippen molar-refractivity contribution >= 4 is 5.91 Å². The first-order valence-corrected chi connectivity index (χ1v) is 8.39. The van der Waals surface area contributed by atoms with Gasteiger partial charge in [0, 0.05) is 49.4 Å². The number of aryl methyl sites for hydroxylation is 1. The summed E-state index contributed by atoms with van der Waals surface area (Å²) in [6.45, 7) is 0.128. The van der Waals surface area contributed by atoms with Crippen molar-refractivity contribution in [1.29, 1.82) is 0 Å². The quantitative estimate of drug-likeness (QED) is 0.836. The van der Waals surface area contributed by atoms with Crippen LogP contribution in [0.2, 0.25) is 0 Å². The first kappa shape index (κ1) is 16.6. The summed E-state index contributed by atoms with van der Waals surface area (Å²) in [4.78, 5) is 20.4. The molecule has 2 atom stereocenters. The van der Waals surface area contributed by atoms with Crippen molar-refractivity contribution in [3.63, 3.8) is 0 Å². The fourth-order valence-corrected chi connectivity index (χ4v) is 3.08. The molecule has 7 heteroatoms. The van der Waals surface area contributed by atoms with Crippen LogP contribution in [0, 0.1) is 5.92 Å². The molecule has 1 saturated carbocycles. The van der Waals surface area contributed by atoms with Crippen LogP contribution in [0.3, 0.4) is 0 Å². The molecule has 2 aromatic heterocycles. The summed E-state index contributed by atoms with van der Waals surface area (Å²) in [7, 11) is 0. The molecule has 2 unspecified atom stereocenters. The molecule has 0 aromatic carbocycles. The van der Waals surface area contributed by atoms with E-state index in [4.69, 9.17) is 4.52 Å². The number of carbonyl (C=O) groups is 1. The standard InChI is InChI=1S/C17H22N4O3/c22-11-13-4-1-2-6-14(13)19-15(23)7-8-16-20-17(21-24-16)12-5-3-9-18-10-12/h3,5,9-10,13-14,22H,1-2,4,6-8,11H2,(H,19,23). The van der Waals surface area contributed by atoms with Crippen LogP contribution >= 0.6 is 0 Å². The van der Waals surface area contributed by atoms with E-state index in [1.54, 1.807) is 18.5 Å². The summed E-state index contributed by atoms with van der Waals surface area (Å²) in [5, 5.41) is 16.3. The van der Waals surface area contributed by atoms with E-state index in [1.807, 2.05) is 6.07 Å². The lowest BCUT2D eigenvalue weighted by Crippen LogP contribution is -2.43. The number of rotatable bonds is 6. The first-order valence-electron chi connectivity index (χ1n) is 8.39. The average molecular weight is 330 g/mol. The number of hydrogen-bond donors (Lipinski definition) is 2. The minimum atomic E-state index is -0.0403. The minimum Gasteiger partial charge on any atom is -0.396 e. The molecule has 1 amide bonds. The van der Waals surface area contributed by atoms with Crippen LogP contribution in [0.25, 0.3) is 11.4 Å². The molecular weight excluding hydrogens is 308 g/mol. The SMILES string of the molecule is O=C(CCc1nc(-c2cccnc2)no1)NC1CCCCC1CO. The summed E-state index contributed by atoms with van der Waals surface area (Å²) >= 11 is 0. The average Bonchev–Trinajstić information content (AvgIpc) is 3.10. The summed E-state index contributed by atoms with van der Waals surface area (Å²) in [5.74, 6) is 1.04. The number of amides is 1. The van der Waals surface area contributed by atoms with Gasteiger partial charge in [0.15, 0.2) is 0 Å². The maximum atomic E-state index is 12.1. The third-order valence-electron chi connectivity index (χ3n) is 4.44. The van der Waals surface area contributed by atoms with Gasteiger partial charge in [-0.3, -0.25) is 9.78 Å². The molecule has 128 valence electrons. The Labute approximate surface area is 140 Å². The van der Waals surface area contributed by atoms with Crippen LogP contribution in [-0.4, -0.2) is 38.8 Å². The Balaban J connectivity index is 1.50. The molecule has 2 heterocycles. The van der Waals surface area contributed by atoms with Gasteiger partial charge in [-0.05, 0) is 25.0 Å². The van der Waals surface area contributed by atoms with E-state index in [-0.39, 0.29) is 24.5 Å². The van der Waals surface area contributed by atoms with Crippen molar-refractivity contribution in [1.82, 2.24) is 20.4 Å². The number of nitrogens with one attached hydrogen (secondary N) is 1. The number of aromatic nitrogens is 3. The van der Waals surface area contributed by atoms with Crippen molar-refractivity contribution in [3.05, 3.63) is 30.4 Å². The van der Waals surface area contributed by atoms with E-state index in [0.29, 0.717) is 24.6 Å². The normalized spacial score (nSPS) is 20.7. The fourth-order valence-electron chi connectivity index (χ4n) is 3.08. The second-order valence-corrected chi connectivity index (χ2v) is 6.15. The van der Waals surface area contributed by atoms with E-state index in [9.17, 15) is 9.90 Å². The molecular formula is C17H22N4O3. The zero-order chi connectivity index (χ0) is 16.8. The van der Waals surface area contributed by atoms with Gasteiger partial charge in [0.05, 0.1) is 0 Å². The number of nitrogens with zero attached hydrogens (tertiary/aromatic N) is 3. The topological polar surface area (TPSA) is 101 Å². The Kier molecular flexibility index (Phi) is 5.53. The molecule has 1 aliphatic rings. The molecule has 0 spiro atoms. The Morgan fingerprint density at radius 2 is 2.25 bits per heavy atom. The minimum absolute atomic E-state index is 0.0403. The van der Waals surface area contributed by atoms with E-state index in [0.717, 1.165) is 31.2 Å². The van der Waals surface area contributed by atoms with E-state index >= 15 is 0 Å². The molecule has 0 bridgehead atoms. The zero-order valence-electron chi connectivity index (χ0n) is 13.5. The molecule has 2 aromatic rings. The van der Waals surface area contributed by atoms with Gasteiger partial charge in [-0.15, -0.1) is 0 Å². The molecule has 7 nitrogen and oxygen atoms in total. The monoisotopic (exact) mass is 330 g/mol. The zero-order valence-corrected chi connectivity index (χ0v) is 13.5. The summed E-state index contributed by atoms with van der Waals surface area (Å²) in [5.41, 5.74) is 0.782. The number of aliphatic hydroxyl groups is 1. The van der Waals surface area contributed by atoms with Crippen molar-refractivity contribution in [2.75, 3.05) is 6.61 Å². The Morgan fingerprint density at radius 1 is 1.38 bits per heavy atom. The third kappa shape index (κ3) is 4.17. The molecule has 1 aliphatic carbocycles. The molecule has 0 aliphatic heterocycles. The fraction of sp³-hybridized carbons (Fsp3) is 0.529. The van der Waals surface area contributed by atoms with E-state index in [2.05, 4.69) is 20.4 Å². The molecule has 3 rings (SSSR count). The molecule has 0 radical (unpaired) electrons. The lowest BCUT2D eigenvalue weighted by Gasteiger charge is -2.30. The van der Waals surface area contributed by atoms with Gasteiger partial charge in [0.1, 0.15) is 0 Å². The molecule has 24 heavy (non-hydrogen) atoms. The largest absolute Gasteiger partial charge is 0.396 e. The first-order chi connectivity index (χ1) is 11.8. The summed E-state index contributed by atoms with van der Waals surface area (Å²) in [6.07, 6.45) is 8.16. The van der Waals surface area contributed by atoms with Gasteiger partial charge in [0.25, 0.3) is 0 Å². The highest BCUT2D eigenvalue weighted by Crippen LogP contribution is 2.24. The van der Waals surface area contributed by atoms with Crippen LogP contribution < -0.4 is 5.32 Å². The van der Waals surface area contributed by atoms with Crippen LogP contribution in [0.5, 0.6) is 0 Å². The van der Waals surface area contributed by atoms with Gasteiger partial charge in [-0.2, -0.15) is 4.98 Å². The van der Waals surface area contributed by atoms with Gasteiger partial charge in [-0.25, -0.2) is 0 Å². The summed E-state index contributed by atoms with van der Waals surface area (Å²) < 4.78 is 5.19. The predicted octanol–water partition coefficient (Wildman–Crippen LogP) is 1.73. The summed E-state index contributed by atoms with van der Waals surface area (Å²) in [6, 6.07) is 3.73. The predicted molar refractivity (Wildman–Crippen MR) is 86.8 cm³/mol. The van der Waals surface area contributed by atoms with Crippen LogP contribution in [0.4, 0.5) is 0 Å². The highest BCUT2D eigenvalue weighted by molar-refractivity contribution is 5.76. The Hall–Kier alpha value is -2.28. The molecule has 2 N–H and O–H groups in total. The van der Waals surface area contributed by atoms with Gasteiger partial charge >= 0.3 is 0 Å². The maximum absolute atomic E-state index is 12.1.